The number of fused-ring (bicyclic) bond motifs is 1. The highest BCUT2D eigenvalue weighted by Crippen LogP contribution is 2.28. The molecule has 0 saturated carbocycles. The van der Waals surface area contributed by atoms with E-state index in [1.807, 2.05) is 54.9 Å². The first-order valence-corrected chi connectivity index (χ1v) is 7.94. The number of nitrogens with zero attached hydrogens (tertiary/aromatic N) is 2. The number of rotatable bonds is 3. The lowest BCUT2D eigenvalue weighted by molar-refractivity contribution is 0.112. The zero-order chi connectivity index (χ0) is 16.5. The number of carbonyl (C=O) groups is 1. The van der Waals surface area contributed by atoms with Gasteiger partial charge in [0.2, 0.25) is 0 Å². The van der Waals surface area contributed by atoms with Crippen LogP contribution in [0.3, 0.4) is 0 Å². The maximum absolute atomic E-state index is 11.0. The standard InChI is InChI=1S/C20H17N3O/c21-18-6-2-5-17(10-18)19-12-22-20-11-16(7-8-23(19)20)15-4-1-3-14(9-15)13-24/h1,3-4,6-13H,2,5,21H2. The van der Waals surface area contributed by atoms with Crippen LogP contribution in [0.1, 0.15) is 28.9 Å². The minimum Gasteiger partial charge on any atom is -0.399 e. The number of aromatic nitrogens is 2. The van der Waals surface area contributed by atoms with Crippen LogP contribution < -0.4 is 5.73 Å². The van der Waals surface area contributed by atoms with E-state index >= 15 is 0 Å². The summed E-state index contributed by atoms with van der Waals surface area (Å²) in [4.78, 5) is 15.5. The number of carbonyl (C=O) groups excluding carboxylic acids is 1. The van der Waals surface area contributed by atoms with Crippen LogP contribution in [0.2, 0.25) is 0 Å². The lowest BCUT2D eigenvalue weighted by Gasteiger charge is -2.11. The van der Waals surface area contributed by atoms with Gasteiger partial charge >= 0.3 is 0 Å². The van der Waals surface area contributed by atoms with Crippen molar-refractivity contribution in [1.82, 2.24) is 9.38 Å². The summed E-state index contributed by atoms with van der Waals surface area (Å²) in [7, 11) is 0. The average Bonchev–Trinajstić information content (AvgIpc) is 3.05. The monoisotopic (exact) mass is 315 g/mol. The topological polar surface area (TPSA) is 60.4 Å². The molecule has 0 radical (unpaired) electrons. The van der Waals surface area contributed by atoms with Crippen molar-refractivity contribution >= 4 is 17.5 Å². The Morgan fingerprint density at radius 2 is 2.04 bits per heavy atom. The highest BCUT2D eigenvalue weighted by Gasteiger charge is 2.12. The molecule has 0 spiro atoms. The molecule has 0 fully saturated rings. The van der Waals surface area contributed by atoms with Crippen molar-refractivity contribution in [3.05, 3.63) is 77.9 Å². The smallest absolute Gasteiger partial charge is 0.150 e. The van der Waals surface area contributed by atoms with Crippen LogP contribution in [0.5, 0.6) is 0 Å². The summed E-state index contributed by atoms with van der Waals surface area (Å²) in [5.74, 6) is 0. The third kappa shape index (κ3) is 2.52. The number of hydrogen-bond donors (Lipinski definition) is 1. The Labute approximate surface area is 139 Å². The zero-order valence-electron chi connectivity index (χ0n) is 13.1. The van der Waals surface area contributed by atoms with Crippen molar-refractivity contribution in [2.24, 2.45) is 5.73 Å². The molecular weight excluding hydrogens is 298 g/mol. The number of benzene rings is 1. The van der Waals surface area contributed by atoms with Crippen molar-refractivity contribution in [2.45, 2.75) is 12.8 Å². The van der Waals surface area contributed by atoms with E-state index in [2.05, 4.69) is 9.38 Å². The van der Waals surface area contributed by atoms with Crippen LogP contribution in [0.15, 0.2) is 66.6 Å². The number of hydrogen-bond acceptors (Lipinski definition) is 3. The minimum absolute atomic E-state index is 0.672. The summed E-state index contributed by atoms with van der Waals surface area (Å²) in [6.07, 6.45) is 10.8. The van der Waals surface area contributed by atoms with Gasteiger partial charge in [0, 0.05) is 17.5 Å². The molecule has 4 heteroatoms. The van der Waals surface area contributed by atoms with E-state index in [9.17, 15) is 4.79 Å². The van der Waals surface area contributed by atoms with E-state index in [1.54, 1.807) is 6.07 Å². The fourth-order valence-electron chi connectivity index (χ4n) is 3.12. The lowest BCUT2D eigenvalue weighted by Crippen LogP contribution is -2.01. The molecule has 0 aliphatic heterocycles. The molecule has 0 unspecified atom stereocenters. The number of nitrogens with two attached hydrogens (primary N) is 1. The van der Waals surface area contributed by atoms with Crippen molar-refractivity contribution < 1.29 is 4.79 Å². The fourth-order valence-corrected chi connectivity index (χ4v) is 3.12. The summed E-state index contributed by atoms with van der Waals surface area (Å²) >= 11 is 0. The highest BCUT2D eigenvalue weighted by molar-refractivity contribution is 5.79. The largest absolute Gasteiger partial charge is 0.399 e. The van der Waals surface area contributed by atoms with E-state index < -0.39 is 0 Å². The molecule has 0 atom stereocenters. The molecule has 1 aliphatic carbocycles. The summed E-state index contributed by atoms with van der Waals surface area (Å²) in [5.41, 5.74) is 12.6. The van der Waals surface area contributed by atoms with Gasteiger partial charge in [-0.3, -0.25) is 9.20 Å². The summed E-state index contributed by atoms with van der Waals surface area (Å²) in [6.45, 7) is 0. The Bertz CT molecular complexity index is 995. The van der Waals surface area contributed by atoms with Crippen LogP contribution in [-0.4, -0.2) is 15.7 Å². The summed E-state index contributed by atoms with van der Waals surface area (Å²) in [6, 6.07) is 11.7. The van der Waals surface area contributed by atoms with Gasteiger partial charge in [0.25, 0.3) is 0 Å². The van der Waals surface area contributed by atoms with Crippen LogP contribution in [0, 0.1) is 0 Å². The maximum Gasteiger partial charge on any atom is 0.150 e. The van der Waals surface area contributed by atoms with Crippen LogP contribution in [-0.2, 0) is 0 Å². The van der Waals surface area contributed by atoms with E-state index in [4.69, 9.17) is 5.73 Å². The normalized spacial score (nSPS) is 14.3. The van der Waals surface area contributed by atoms with Crippen LogP contribution in [0.25, 0.3) is 22.3 Å². The fraction of sp³-hybridized carbons (Fsp3) is 0.100. The van der Waals surface area contributed by atoms with Gasteiger partial charge in [0.05, 0.1) is 11.9 Å². The molecule has 4 nitrogen and oxygen atoms in total. The molecule has 2 aromatic heterocycles. The van der Waals surface area contributed by atoms with Crippen molar-refractivity contribution in [3.8, 4) is 11.1 Å². The maximum atomic E-state index is 11.0. The SMILES string of the molecule is NC1=CCCC(c2cnc3cc(-c4cccc(C=O)c4)ccn23)=C1. The number of pyridine rings is 1. The second kappa shape index (κ2) is 5.81. The second-order valence-corrected chi connectivity index (χ2v) is 5.94. The van der Waals surface area contributed by atoms with Gasteiger partial charge in [-0.1, -0.05) is 24.3 Å². The molecule has 118 valence electrons. The van der Waals surface area contributed by atoms with Crippen LogP contribution >= 0.6 is 0 Å². The molecule has 0 amide bonds. The minimum atomic E-state index is 0.672. The molecule has 1 aromatic carbocycles. The zero-order valence-corrected chi connectivity index (χ0v) is 13.1. The van der Waals surface area contributed by atoms with Gasteiger partial charge in [0.1, 0.15) is 11.9 Å². The molecule has 1 aliphatic rings. The van der Waals surface area contributed by atoms with Crippen molar-refractivity contribution in [3.63, 3.8) is 0 Å². The molecule has 24 heavy (non-hydrogen) atoms. The average molecular weight is 315 g/mol. The Hall–Kier alpha value is -3.14. The number of aldehydes is 1. The molecule has 4 rings (SSSR count). The van der Waals surface area contributed by atoms with E-state index in [0.717, 1.165) is 47.3 Å². The Morgan fingerprint density at radius 1 is 1.17 bits per heavy atom. The van der Waals surface area contributed by atoms with Gasteiger partial charge in [-0.25, -0.2) is 4.98 Å². The number of allylic oxidation sites excluding steroid dienone is 3. The van der Waals surface area contributed by atoms with Gasteiger partial charge in [0.15, 0.2) is 0 Å². The van der Waals surface area contributed by atoms with E-state index in [1.165, 1.54) is 5.57 Å². The van der Waals surface area contributed by atoms with Gasteiger partial charge in [-0.15, -0.1) is 0 Å². The highest BCUT2D eigenvalue weighted by atomic mass is 16.1. The predicted octanol–water partition coefficient (Wildman–Crippen LogP) is 3.83. The third-order valence-electron chi connectivity index (χ3n) is 4.33. The molecule has 0 bridgehead atoms. The first kappa shape index (κ1) is 14.5. The predicted molar refractivity (Wildman–Crippen MR) is 95.5 cm³/mol. The Morgan fingerprint density at radius 3 is 2.88 bits per heavy atom. The van der Waals surface area contributed by atoms with Gasteiger partial charge in [-0.05, 0) is 53.8 Å². The summed E-state index contributed by atoms with van der Waals surface area (Å²) < 4.78 is 2.08. The Kier molecular flexibility index (Phi) is 3.50. The van der Waals surface area contributed by atoms with Crippen molar-refractivity contribution in [2.75, 3.05) is 0 Å². The molecule has 0 saturated heterocycles. The van der Waals surface area contributed by atoms with Gasteiger partial charge < -0.3 is 5.73 Å². The van der Waals surface area contributed by atoms with E-state index in [-0.39, 0.29) is 0 Å². The molecule has 3 aromatic rings. The third-order valence-corrected chi connectivity index (χ3v) is 4.33. The molecule has 2 heterocycles. The van der Waals surface area contributed by atoms with Crippen LogP contribution in [0.4, 0.5) is 0 Å². The first-order chi connectivity index (χ1) is 11.7. The van der Waals surface area contributed by atoms with Gasteiger partial charge in [-0.2, -0.15) is 0 Å². The van der Waals surface area contributed by atoms with E-state index in [0.29, 0.717) is 5.56 Å². The lowest BCUT2D eigenvalue weighted by atomic mass is 10.0. The molecule has 2 N–H and O–H groups in total. The molecular formula is C20H17N3O. The summed E-state index contributed by atoms with van der Waals surface area (Å²) in [5, 5.41) is 0. The van der Waals surface area contributed by atoms with Crippen molar-refractivity contribution in [1.29, 1.82) is 0 Å². The number of imidazole rings is 1. The quantitative estimate of drug-likeness (QED) is 0.747. The first-order valence-electron chi connectivity index (χ1n) is 7.94. The Balaban J connectivity index is 1.78. The second-order valence-electron chi connectivity index (χ2n) is 5.94.